The summed E-state index contributed by atoms with van der Waals surface area (Å²) in [5.41, 5.74) is 0. The van der Waals surface area contributed by atoms with Crippen molar-refractivity contribution >= 4 is 0 Å². The first-order valence-electron chi connectivity index (χ1n) is 2.70. The minimum absolute atomic E-state index is 0.472. The second-order valence-corrected chi connectivity index (χ2v) is 2.07. The van der Waals surface area contributed by atoms with Crippen LogP contribution in [0.15, 0.2) is 0 Å². The Morgan fingerprint density at radius 3 is 2.00 bits per heavy atom. The van der Waals surface area contributed by atoms with Gasteiger partial charge < -0.3 is 9.47 Å². The van der Waals surface area contributed by atoms with Crippen molar-refractivity contribution in [3.63, 3.8) is 0 Å². The lowest BCUT2D eigenvalue weighted by molar-refractivity contribution is -0.0642. The summed E-state index contributed by atoms with van der Waals surface area (Å²) in [7, 11) is 0. The SMILES string of the molecule is C1CC(C2CO2)O1. The average Bonchev–Trinajstić information content (AvgIpc) is 2.10. The molecule has 2 fully saturated rings. The highest BCUT2D eigenvalue weighted by Crippen LogP contribution is 2.25. The van der Waals surface area contributed by atoms with Gasteiger partial charge in [-0.15, -0.1) is 0 Å². The van der Waals surface area contributed by atoms with E-state index in [1.165, 1.54) is 6.42 Å². The molecule has 0 amide bonds. The van der Waals surface area contributed by atoms with E-state index in [0.717, 1.165) is 13.2 Å². The first-order chi connectivity index (χ1) is 3.47. The van der Waals surface area contributed by atoms with E-state index in [1.54, 1.807) is 0 Å². The van der Waals surface area contributed by atoms with Crippen molar-refractivity contribution in [1.29, 1.82) is 0 Å². The molecule has 40 valence electrons. The molecule has 0 aromatic rings. The van der Waals surface area contributed by atoms with E-state index in [2.05, 4.69) is 0 Å². The van der Waals surface area contributed by atoms with Crippen LogP contribution in [0.2, 0.25) is 0 Å². The summed E-state index contributed by atoms with van der Waals surface area (Å²) in [5, 5.41) is 0. The van der Waals surface area contributed by atoms with Crippen LogP contribution in [0.3, 0.4) is 0 Å². The highest BCUT2D eigenvalue weighted by atomic mass is 16.6. The molecule has 2 rings (SSSR count). The minimum Gasteiger partial charge on any atom is -0.375 e. The number of hydrogen-bond acceptors (Lipinski definition) is 2. The molecular weight excluding hydrogens is 92.1 g/mol. The molecule has 0 aromatic heterocycles. The second-order valence-electron chi connectivity index (χ2n) is 2.07. The maximum atomic E-state index is 5.13. The molecule has 0 radical (unpaired) electrons. The Morgan fingerprint density at radius 2 is 1.86 bits per heavy atom. The monoisotopic (exact) mass is 100 g/mol. The fourth-order valence-corrected chi connectivity index (χ4v) is 0.817. The Labute approximate surface area is 42.4 Å². The Balaban J connectivity index is 1.83. The molecule has 2 unspecified atom stereocenters. The van der Waals surface area contributed by atoms with Gasteiger partial charge in [-0.1, -0.05) is 0 Å². The third-order valence-electron chi connectivity index (χ3n) is 1.51. The van der Waals surface area contributed by atoms with Gasteiger partial charge in [-0.2, -0.15) is 0 Å². The molecule has 2 saturated heterocycles. The summed E-state index contributed by atoms with van der Waals surface area (Å²) >= 11 is 0. The van der Waals surface area contributed by atoms with E-state index >= 15 is 0 Å². The van der Waals surface area contributed by atoms with Crippen LogP contribution in [0.25, 0.3) is 0 Å². The fourth-order valence-electron chi connectivity index (χ4n) is 0.817. The zero-order valence-corrected chi connectivity index (χ0v) is 4.09. The Hall–Kier alpha value is -0.0800. The van der Waals surface area contributed by atoms with Crippen LogP contribution >= 0.6 is 0 Å². The van der Waals surface area contributed by atoms with Crippen molar-refractivity contribution in [2.75, 3.05) is 13.2 Å². The number of hydrogen-bond donors (Lipinski definition) is 0. The van der Waals surface area contributed by atoms with Crippen molar-refractivity contribution < 1.29 is 9.47 Å². The van der Waals surface area contributed by atoms with E-state index in [-0.39, 0.29) is 0 Å². The van der Waals surface area contributed by atoms with Crippen molar-refractivity contribution in [1.82, 2.24) is 0 Å². The van der Waals surface area contributed by atoms with E-state index in [0.29, 0.717) is 12.2 Å². The maximum absolute atomic E-state index is 5.13. The lowest BCUT2D eigenvalue weighted by Crippen LogP contribution is -2.31. The van der Waals surface area contributed by atoms with Crippen LogP contribution in [0.1, 0.15) is 6.42 Å². The average molecular weight is 100 g/mol. The third kappa shape index (κ3) is 0.545. The molecule has 7 heavy (non-hydrogen) atoms. The summed E-state index contributed by atoms with van der Waals surface area (Å²) in [4.78, 5) is 0. The lowest BCUT2D eigenvalue weighted by Gasteiger charge is -2.23. The molecule has 0 saturated carbocycles. The molecule has 2 atom stereocenters. The highest BCUT2D eigenvalue weighted by Gasteiger charge is 2.37. The molecule has 2 aliphatic heterocycles. The van der Waals surface area contributed by atoms with Gasteiger partial charge in [0.25, 0.3) is 0 Å². The van der Waals surface area contributed by atoms with Gasteiger partial charge in [-0.3, -0.25) is 0 Å². The molecule has 2 aliphatic rings. The van der Waals surface area contributed by atoms with Gasteiger partial charge in [0.15, 0.2) is 0 Å². The summed E-state index contributed by atoms with van der Waals surface area (Å²) in [5.74, 6) is 0. The van der Waals surface area contributed by atoms with E-state index in [9.17, 15) is 0 Å². The molecule has 0 aromatic carbocycles. The summed E-state index contributed by atoms with van der Waals surface area (Å²) in [6, 6.07) is 0. The van der Waals surface area contributed by atoms with Gasteiger partial charge in [0.2, 0.25) is 0 Å². The Kier molecular flexibility index (Phi) is 0.664. The lowest BCUT2D eigenvalue weighted by atomic mass is 10.1. The largest absolute Gasteiger partial charge is 0.375 e. The second kappa shape index (κ2) is 1.20. The Bertz CT molecular complexity index is 74.1. The van der Waals surface area contributed by atoms with Crippen LogP contribution in [-0.4, -0.2) is 25.4 Å². The van der Waals surface area contributed by atoms with E-state index in [4.69, 9.17) is 9.47 Å². The van der Waals surface area contributed by atoms with Crippen molar-refractivity contribution in [2.24, 2.45) is 0 Å². The van der Waals surface area contributed by atoms with Crippen molar-refractivity contribution in [2.45, 2.75) is 18.6 Å². The smallest absolute Gasteiger partial charge is 0.107 e. The molecule has 2 heteroatoms. The van der Waals surface area contributed by atoms with Gasteiger partial charge >= 0.3 is 0 Å². The molecule has 2 nitrogen and oxygen atoms in total. The molecule has 0 aliphatic carbocycles. The third-order valence-corrected chi connectivity index (χ3v) is 1.51. The van der Waals surface area contributed by atoms with Crippen molar-refractivity contribution in [3.05, 3.63) is 0 Å². The zero-order valence-electron chi connectivity index (χ0n) is 4.09. The number of epoxide rings is 1. The van der Waals surface area contributed by atoms with Gasteiger partial charge in [0, 0.05) is 6.61 Å². The number of ether oxygens (including phenoxy) is 2. The summed E-state index contributed by atoms with van der Waals surface area (Å²) in [6.07, 6.45) is 2.17. The van der Waals surface area contributed by atoms with Crippen LogP contribution in [-0.2, 0) is 9.47 Å². The van der Waals surface area contributed by atoms with Crippen LogP contribution in [0.5, 0.6) is 0 Å². The fraction of sp³-hybridized carbons (Fsp3) is 1.00. The van der Waals surface area contributed by atoms with E-state index < -0.39 is 0 Å². The summed E-state index contributed by atoms with van der Waals surface area (Å²) < 4.78 is 10.1. The molecule has 2 heterocycles. The standard InChI is InChI=1S/C5H8O2/c1-2-6-4(1)5-3-7-5/h4-5H,1-3H2. The van der Waals surface area contributed by atoms with Crippen molar-refractivity contribution in [3.8, 4) is 0 Å². The Morgan fingerprint density at radius 1 is 1.14 bits per heavy atom. The predicted octanol–water partition coefficient (Wildman–Crippen LogP) is 0.174. The van der Waals surface area contributed by atoms with Crippen LogP contribution in [0.4, 0.5) is 0 Å². The molecule has 0 N–H and O–H groups in total. The van der Waals surface area contributed by atoms with Gasteiger partial charge in [-0.25, -0.2) is 0 Å². The van der Waals surface area contributed by atoms with Gasteiger partial charge in [0.1, 0.15) is 6.10 Å². The minimum atomic E-state index is 0.472. The topological polar surface area (TPSA) is 21.8 Å². The molecule has 0 spiro atoms. The van der Waals surface area contributed by atoms with Crippen LogP contribution < -0.4 is 0 Å². The predicted molar refractivity (Wildman–Crippen MR) is 24.1 cm³/mol. The molecular formula is C5H8O2. The number of rotatable bonds is 1. The molecule has 0 bridgehead atoms. The summed E-state index contributed by atoms with van der Waals surface area (Å²) in [6.45, 7) is 1.88. The first-order valence-corrected chi connectivity index (χ1v) is 2.70. The normalized spacial score (nSPS) is 48.0. The first kappa shape index (κ1) is 3.87. The van der Waals surface area contributed by atoms with Crippen LogP contribution in [0, 0.1) is 0 Å². The van der Waals surface area contributed by atoms with E-state index in [1.807, 2.05) is 0 Å². The zero-order chi connectivity index (χ0) is 4.69. The highest BCUT2D eigenvalue weighted by molar-refractivity contribution is 4.84. The van der Waals surface area contributed by atoms with Gasteiger partial charge in [0.05, 0.1) is 12.7 Å². The van der Waals surface area contributed by atoms with Gasteiger partial charge in [-0.05, 0) is 6.42 Å². The maximum Gasteiger partial charge on any atom is 0.107 e. The quantitative estimate of drug-likeness (QED) is 0.438.